The molecular formula is C15H16N2O3S. The lowest BCUT2D eigenvalue weighted by molar-refractivity contribution is -0.129. The van der Waals surface area contributed by atoms with Crippen molar-refractivity contribution in [2.45, 2.75) is 12.8 Å². The fraction of sp³-hybridized carbons (Fsp3) is 0.400. The molecule has 0 aromatic heterocycles. The van der Waals surface area contributed by atoms with Crippen molar-refractivity contribution in [3.8, 4) is 0 Å². The predicted octanol–water partition coefficient (Wildman–Crippen LogP) is 1.60. The van der Waals surface area contributed by atoms with Crippen LogP contribution >= 0.6 is 11.8 Å². The molecular weight excluding hydrogens is 288 g/mol. The summed E-state index contributed by atoms with van der Waals surface area (Å²) in [5.74, 6) is 1.35. The molecule has 0 aliphatic carbocycles. The molecule has 0 atom stereocenters. The summed E-state index contributed by atoms with van der Waals surface area (Å²) in [6.45, 7) is 1.11. The van der Waals surface area contributed by atoms with Gasteiger partial charge in [0.15, 0.2) is 0 Å². The Morgan fingerprint density at radius 2 is 1.81 bits per heavy atom. The zero-order chi connectivity index (χ0) is 14.8. The first-order chi connectivity index (χ1) is 10.2. The lowest BCUT2D eigenvalue weighted by Crippen LogP contribution is -2.32. The largest absolute Gasteiger partial charge is 0.333 e. The fourth-order valence-electron chi connectivity index (χ4n) is 2.60. The second kappa shape index (κ2) is 5.89. The highest BCUT2D eigenvalue weighted by Gasteiger charge is 2.34. The van der Waals surface area contributed by atoms with E-state index in [9.17, 15) is 14.4 Å². The number of imide groups is 1. The second-order valence-corrected chi connectivity index (χ2v) is 6.18. The van der Waals surface area contributed by atoms with Gasteiger partial charge in [0.2, 0.25) is 5.91 Å². The van der Waals surface area contributed by atoms with Gasteiger partial charge in [0, 0.05) is 25.3 Å². The molecule has 1 aromatic rings. The maximum absolute atomic E-state index is 12.1. The van der Waals surface area contributed by atoms with Crippen LogP contribution in [0.25, 0.3) is 0 Å². The number of amides is 3. The van der Waals surface area contributed by atoms with Crippen LogP contribution in [-0.2, 0) is 4.79 Å². The Labute approximate surface area is 127 Å². The molecule has 1 fully saturated rings. The van der Waals surface area contributed by atoms with Crippen molar-refractivity contribution >= 4 is 29.5 Å². The lowest BCUT2D eigenvalue weighted by atomic mass is 10.1. The number of hydrogen-bond donors (Lipinski definition) is 0. The Balaban J connectivity index is 1.56. The van der Waals surface area contributed by atoms with Crippen molar-refractivity contribution in [1.29, 1.82) is 0 Å². The molecule has 110 valence electrons. The molecule has 2 aliphatic rings. The maximum Gasteiger partial charge on any atom is 0.261 e. The number of thioether (sulfide) groups is 1. The molecule has 5 nitrogen and oxygen atoms in total. The van der Waals surface area contributed by atoms with Crippen LogP contribution in [0.15, 0.2) is 24.3 Å². The predicted molar refractivity (Wildman–Crippen MR) is 80.1 cm³/mol. The van der Waals surface area contributed by atoms with Gasteiger partial charge >= 0.3 is 0 Å². The van der Waals surface area contributed by atoms with E-state index in [2.05, 4.69) is 0 Å². The van der Waals surface area contributed by atoms with E-state index < -0.39 is 0 Å². The highest BCUT2D eigenvalue weighted by molar-refractivity contribution is 7.99. The molecule has 0 radical (unpaired) electrons. The summed E-state index contributed by atoms with van der Waals surface area (Å²) in [7, 11) is 0. The summed E-state index contributed by atoms with van der Waals surface area (Å²) < 4.78 is 0. The summed E-state index contributed by atoms with van der Waals surface area (Å²) in [5, 5.41) is 0. The van der Waals surface area contributed by atoms with Gasteiger partial charge in [-0.2, -0.15) is 0 Å². The summed E-state index contributed by atoms with van der Waals surface area (Å²) in [5.41, 5.74) is 0.925. The summed E-state index contributed by atoms with van der Waals surface area (Å²) in [6, 6.07) is 6.84. The minimum atomic E-state index is -0.250. The number of rotatable bonds is 4. The van der Waals surface area contributed by atoms with Gasteiger partial charge in [-0.05, 0) is 18.6 Å². The first-order valence-corrected chi connectivity index (χ1v) is 8.14. The summed E-state index contributed by atoms with van der Waals surface area (Å²) >= 11 is 1.75. The highest BCUT2D eigenvalue weighted by atomic mass is 32.2. The van der Waals surface area contributed by atoms with E-state index >= 15 is 0 Å². The number of hydrogen-bond acceptors (Lipinski definition) is 4. The molecule has 21 heavy (non-hydrogen) atoms. The molecule has 0 bridgehead atoms. The topological polar surface area (TPSA) is 57.7 Å². The average Bonchev–Trinajstić information content (AvgIpc) is 3.11. The number of carbonyl (C=O) groups excluding carboxylic acids is 3. The summed E-state index contributed by atoms with van der Waals surface area (Å²) in [4.78, 5) is 39.3. The Bertz CT molecular complexity index is 561. The van der Waals surface area contributed by atoms with Gasteiger partial charge in [-0.1, -0.05) is 12.1 Å². The molecule has 3 rings (SSSR count). The van der Waals surface area contributed by atoms with Crippen LogP contribution in [0.2, 0.25) is 0 Å². The van der Waals surface area contributed by atoms with Crippen molar-refractivity contribution in [1.82, 2.24) is 9.80 Å². The summed E-state index contributed by atoms with van der Waals surface area (Å²) in [6.07, 6.45) is 0.902. The Morgan fingerprint density at radius 1 is 1.14 bits per heavy atom. The first-order valence-electron chi connectivity index (χ1n) is 6.99. The van der Waals surface area contributed by atoms with Gasteiger partial charge in [0.25, 0.3) is 11.8 Å². The van der Waals surface area contributed by atoms with Crippen LogP contribution in [0.4, 0.5) is 0 Å². The minimum absolute atomic E-state index is 0.108. The quantitative estimate of drug-likeness (QED) is 0.793. The van der Waals surface area contributed by atoms with Crippen LogP contribution in [0.1, 0.15) is 33.6 Å². The van der Waals surface area contributed by atoms with Crippen LogP contribution in [0.5, 0.6) is 0 Å². The smallest absolute Gasteiger partial charge is 0.261 e. The molecule has 0 spiro atoms. The van der Waals surface area contributed by atoms with Crippen molar-refractivity contribution in [2.75, 3.05) is 24.7 Å². The third-order valence-electron chi connectivity index (χ3n) is 3.76. The van der Waals surface area contributed by atoms with Crippen LogP contribution < -0.4 is 0 Å². The van der Waals surface area contributed by atoms with Gasteiger partial charge in [-0.15, -0.1) is 11.8 Å². The molecule has 3 amide bonds. The zero-order valence-electron chi connectivity index (χ0n) is 11.6. The van der Waals surface area contributed by atoms with Gasteiger partial charge in [-0.3, -0.25) is 19.3 Å². The standard InChI is InChI=1S/C15H16N2O3S/c18-13(16-8-9-21-10-16)6-3-7-17-14(19)11-4-1-2-5-12(11)15(17)20/h1-2,4-5H,3,6-10H2. The Hall–Kier alpha value is -1.82. The van der Waals surface area contributed by atoms with E-state index in [4.69, 9.17) is 0 Å². The van der Waals surface area contributed by atoms with Crippen LogP contribution in [0, 0.1) is 0 Å². The van der Waals surface area contributed by atoms with Gasteiger partial charge in [0.05, 0.1) is 17.0 Å². The lowest BCUT2D eigenvalue weighted by Gasteiger charge is -2.16. The van der Waals surface area contributed by atoms with Crippen molar-refractivity contribution in [2.24, 2.45) is 0 Å². The monoisotopic (exact) mass is 304 g/mol. The van der Waals surface area contributed by atoms with Crippen LogP contribution in [-0.4, -0.2) is 52.2 Å². The molecule has 0 saturated carbocycles. The normalized spacial score (nSPS) is 17.5. The van der Waals surface area contributed by atoms with Crippen molar-refractivity contribution in [3.05, 3.63) is 35.4 Å². The van der Waals surface area contributed by atoms with Gasteiger partial charge < -0.3 is 4.90 Å². The van der Waals surface area contributed by atoms with E-state index in [1.54, 1.807) is 36.0 Å². The van der Waals surface area contributed by atoms with Crippen molar-refractivity contribution < 1.29 is 14.4 Å². The van der Waals surface area contributed by atoms with Gasteiger partial charge in [0.1, 0.15) is 0 Å². The minimum Gasteiger partial charge on any atom is -0.333 e. The van der Waals surface area contributed by atoms with Crippen LogP contribution in [0.3, 0.4) is 0 Å². The van der Waals surface area contributed by atoms with Crippen molar-refractivity contribution in [3.63, 3.8) is 0 Å². The van der Waals surface area contributed by atoms with E-state index in [1.165, 1.54) is 4.90 Å². The van der Waals surface area contributed by atoms with Gasteiger partial charge in [-0.25, -0.2) is 0 Å². The van der Waals surface area contributed by atoms with E-state index in [0.29, 0.717) is 30.5 Å². The molecule has 0 N–H and O–H groups in total. The SMILES string of the molecule is O=C(CCCN1C(=O)c2ccccc2C1=O)N1CCSC1. The third kappa shape index (κ3) is 2.68. The average molecular weight is 304 g/mol. The third-order valence-corrected chi connectivity index (χ3v) is 4.72. The zero-order valence-corrected chi connectivity index (χ0v) is 12.4. The molecule has 6 heteroatoms. The molecule has 2 aliphatic heterocycles. The number of nitrogens with zero attached hydrogens (tertiary/aromatic N) is 2. The Kier molecular flexibility index (Phi) is 3.96. The second-order valence-electron chi connectivity index (χ2n) is 5.11. The molecule has 2 heterocycles. The van der Waals surface area contributed by atoms with E-state index in [0.717, 1.165) is 18.2 Å². The molecule has 1 saturated heterocycles. The first kappa shape index (κ1) is 14.1. The van der Waals surface area contributed by atoms with E-state index in [-0.39, 0.29) is 17.7 Å². The maximum atomic E-state index is 12.1. The number of benzene rings is 1. The number of carbonyl (C=O) groups is 3. The molecule has 0 unspecified atom stereocenters. The number of fused-ring (bicyclic) bond motifs is 1. The fourth-order valence-corrected chi connectivity index (χ4v) is 3.57. The Morgan fingerprint density at radius 3 is 2.38 bits per heavy atom. The highest BCUT2D eigenvalue weighted by Crippen LogP contribution is 2.23. The van der Waals surface area contributed by atoms with E-state index in [1.807, 2.05) is 4.90 Å². The molecule has 1 aromatic carbocycles.